The van der Waals surface area contributed by atoms with Crippen molar-refractivity contribution in [3.63, 3.8) is 0 Å². The Kier molecular flexibility index (Phi) is 4.60. The van der Waals surface area contributed by atoms with E-state index in [0.717, 1.165) is 39.1 Å². The Morgan fingerprint density at radius 3 is 2.68 bits per heavy atom. The Hall–Kier alpha value is -0.910. The summed E-state index contributed by atoms with van der Waals surface area (Å²) in [4.78, 5) is 2.32. The van der Waals surface area contributed by atoms with Gasteiger partial charge in [-0.3, -0.25) is 9.58 Å². The van der Waals surface area contributed by atoms with Crippen molar-refractivity contribution >= 4 is 0 Å². The lowest BCUT2D eigenvalue weighted by Gasteiger charge is -2.43. The van der Waals surface area contributed by atoms with Gasteiger partial charge >= 0.3 is 0 Å². The SMILES string of the molecule is Cn1cc(CCC(O)C(C)(C)N2CCOCC2)cn1. The van der Waals surface area contributed by atoms with Gasteiger partial charge in [0.05, 0.1) is 25.5 Å². The summed E-state index contributed by atoms with van der Waals surface area (Å²) in [5.41, 5.74) is 0.978. The number of hydrogen-bond acceptors (Lipinski definition) is 4. The van der Waals surface area contributed by atoms with Crippen molar-refractivity contribution in [2.45, 2.75) is 38.3 Å². The Morgan fingerprint density at radius 1 is 1.42 bits per heavy atom. The summed E-state index contributed by atoms with van der Waals surface area (Å²) in [7, 11) is 1.91. The number of aliphatic hydroxyl groups is 1. The molecule has 0 aromatic carbocycles. The minimum absolute atomic E-state index is 0.202. The van der Waals surface area contributed by atoms with Gasteiger partial charge in [0, 0.05) is 31.9 Å². The first kappa shape index (κ1) is 14.5. The zero-order chi connectivity index (χ0) is 13.9. The summed E-state index contributed by atoms with van der Waals surface area (Å²) in [6, 6.07) is 0. The van der Waals surface area contributed by atoms with E-state index in [9.17, 15) is 5.11 Å². The Balaban J connectivity index is 1.88. The average molecular weight is 267 g/mol. The molecule has 1 unspecified atom stereocenters. The number of hydrogen-bond donors (Lipinski definition) is 1. The molecule has 19 heavy (non-hydrogen) atoms. The van der Waals surface area contributed by atoms with Crippen molar-refractivity contribution in [2.24, 2.45) is 7.05 Å². The first-order valence-electron chi connectivity index (χ1n) is 6.98. The Morgan fingerprint density at radius 2 is 2.11 bits per heavy atom. The van der Waals surface area contributed by atoms with Crippen molar-refractivity contribution in [1.82, 2.24) is 14.7 Å². The molecule has 0 aliphatic carbocycles. The van der Waals surface area contributed by atoms with Crippen LogP contribution in [0.4, 0.5) is 0 Å². The van der Waals surface area contributed by atoms with Crippen molar-refractivity contribution in [2.75, 3.05) is 26.3 Å². The molecule has 0 radical (unpaired) electrons. The van der Waals surface area contributed by atoms with Gasteiger partial charge in [0.2, 0.25) is 0 Å². The van der Waals surface area contributed by atoms with E-state index >= 15 is 0 Å². The van der Waals surface area contributed by atoms with Gasteiger partial charge in [-0.05, 0) is 32.3 Å². The zero-order valence-electron chi connectivity index (χ0n) is 12.2. The number of aromatic nitrogens is 2. The summed E-state index contributed by atoms with van der Waals surface area (Å²) >= 11 is 0. The van der Waals surface area contributed by atoms with E-state index in [1.54, 1.807) is 4.68 Å². The van der Waals surface area contributed by atoms with Gasteiger partial charge in [-0.2, -0.15) is 5.10 Å². The second kappa shape index (κ2) is 6.03. The molecular formula is C14H25N3O2. The predicted octanol–water partition coefficient (Wildman–Crippen LogP) is 0.824. The first-order chi connectivity index (χ1) is 9.00. The molecule has 1 aliphatic rings. The van der Waals surface area contributed by atoms with Crippen molar-refractivity contribution in [3.05, 3.63) is 18.0 Å². The van der Waals surface area contributed by atoms with E-state index in [1.807, 2.05) is 19.4 Å². The van der Waals surface area contributed by atoms with Crippen LogP contribution in [0.25, 0.3) is 0 Å². The van der Waals surface area contributed by atoms with E-state index in [1.165, 1.54) is 5.56 Å². The maximum absolute atomic E-state index is 10.5. The van der Waals surface area contributed by atoms with Gasteiger partial charge in [0.15, 0.2) is 0 Å². The van der Waals surface area contributed by atoms with Gasteiger partial charge in [-0.25, -0.2) is 0 Å². The molecule has 5 nitrogen and oxygen atoms in total. The quantitative estimate of drug-likeness (QED) is 0.858. The molecular weight excluding hydrogens is 242 g/mol. The smallest absolute Gasteiger partial charge is 0.0721 e. The highest BCUT2D eigenvalue weighted by molar-refractivity contribution is 5.04. The van der Waals surface area contributed by atoms with E-state index in [2.05, 4.69) is 23.8 Å². The first-order valence-corrected chi connectivity index (χ1v) is 6.98. The summed E-state index contributed by atoms with van der Waals surface area (Å²) in [6.07, 6.45) is 5.16. The third-order valence-corrected chi connectivity index (χ3v) is 4.11. The fourth-order valence-corrected chi connectivity index (χ4v) is 2.61. The highest BCUT2D eigenvalue weighted by Gasteiger charge is 2.34. The minimum Gasteiger partial charge on any atom is -0.391 e. The molecule has 2 heterocycles. The fourth-order valence-electron chi connectivity index (χ4n) is 2.61. The molecule has 0 saturated carbocycles. The second-order valence-corrected chi connectivity index (χ2v) is 5.83. The molecule has 108 valence electrons. The molecule has 0 bridgehead atoms. The fraction of sp³-hybridized carbons (Fsp3) is 0.786. The number of aliphatic hydroxyl groups excluding tert-OH is 1. The molecule has 2 rings (SSSR count). The molecule has 1 saturated heterocycles. The second-order valence-electron chi connectivity index (χ2n) is 5.83. The van der Waals surface area contributed by atoms with Crippen molar-refractivity contribution in [3.8, 4) is 0 Å². The number of ether oxygens (including phenoxy) is 1. The van der Waals surface area contributed by atoms with Crippen LogP contribution in [0, 0.1) is 0 Å². The van der Waals surface area contributed by atoms with Gasteiger partial charge in [-0.15, -0.1) is 0 Å². The van der Waals surface area contributed by atoms with Crippen LogP contribution in [0.5, 0.6) is 0 Å². The van der Waals surface area contributed by atoms with E-state index in [0.29, 0.717) is 0 Å². The van der Waals surface area contributed by atoms with Crippen LogP contribution >= 0.6 is 0 Å². The van der Waals surface area contributed by atoms with Crippen LogP contribution < -0.4 is 0 Å². The lowest BCUT2D eigenvalue weighted by Crippen LogP contribution is -2.56. The van der Waals surface area contributed by atoms with Gasteiger partial charge in [0.25, 0.3) is 0 Å². The summed E-state index contributed by atoms with van der Waals surface area (Å²) in [5, 5.41) is 14.6. The minimum atomic E-state index is -0.342. The number of rotatable bonds is 5. The van der Waals surface area contributed by atoms with Crippen LogP contribution in [0.1, 0.15) is 25.8 Å². The lowest BCUT2D eigenvalue weighted by atomic mass is 9.90. The maximum Gasteiger partial charge on any atom is 0.0721 e. The van der Waals surface area contributed by atoms with E-state index < -0.39 is 0 Å². The van der Waals surface area contributed by atoms with Gasteiger partial charge in [-0.1, -0.05) is 0 Å². The van der Waals surface area contributed by atoms with Crippen molar-refractivity contribution in [1.29, 1.82) is 0 Å². The molecule has 1 aliphatic heterocycles. The zero-order valence-corrected chi connectivity index (χ0v) is 12.2. The van der Waals surface area contributed by atoms with Crippen LogP contribution in [-0.4, -0.2) is 57.7 Å². The standard InChI is InChI=1S/C14H25N3O2/c1-14(2,17-6-8-19-9-7-17)13(18)5-4-12-10-15-16(3)11-12/h10-11,13,18H,4-9H2,1-3H3. The highest BCUT2D eigenvalue weighted by Crippen LogP contribution is 2.23. The van der Waals surface area contributed by atoms with Crippen LogP contribution in [0.15, 0.2) is 12.4 Å². The molecule has 1 aromatic heterocycles. The lowest BCUT2D eigenvalue weighted by molar-refractivity contribution is -0.0636. The number of nitrogens with zero attached hydrogens (tertiary/aromatic N) is 3. The molecule has 1 atom stereocenters. The third kappa shape index (κ3) is 3.55. The highest BCUT2D eigenvalue weighted by atomic mass is 16.5. The molecule has 0 spiro atoms. The number of morpholine rings is 1. The van der Waals surface area contributed by atoms with Crippen LogP contribution in [0.2, 0.25) is 0 Å². The average Bonchev–Trinajstić information content (AvgIpc) is 2.82. The predicted molar refractivity (Wildman–Crippen MR) is 74.0 cm³/mol. The maximum atomic E-state index is 10.5. The van der Waals surface area contributed by atoms with Gasteiger partial charge < -0.3 is 9.84 Å². The summed E-state index contributed by atoms with van der Waals surface area (Å²) in [6.45, 7) is 7.56. The topological polar surface area (TPSA) is 50.5 Å². The normalized spacial score (nSPS) is 19.6. The molecule has 0 amide bonds. The van der Waals surface area contributed by atoms with Crippen LogP contribution in [0.3, 0.4) is 0 Å². The molecule has 1 aromatic rings. The monoisotopic (exact) mass is 267 g/mol. The summed E-state index contributed by atoms with van der Waals surface area (Å²) < 4.78 is 7.17. The van der Waals surface area contributed by atoms with E-state index in [4.69, 9.17) is 4.74 Å². The third-order valence-electron chi connectivity index (χ3n) is 4.11. The Labute approximate surface area is 115 Å². The van der Waals surface area contributed by atoms with E-state index in [-0.39, 0.29) is 11.6 Å². The van der Waals surface area contributed by atoms with Crippen LogP contribution in [-0.2, 0) is 18.2 Å². The largest absolute Gasteiger partial charge is 0.391 e. The number of aryl methyl sites for hydroxylation is 2. The van der Waals surface area contributed by atoms with Gasteiger partial charge in [0.1, 0.15) is 0 Å². The molecule has 1 fully saturated rings. The Bertz CT molecular complexity index is 397. The molecule has 5 heteroatoms. The van der Waals surface area contributed by atoms with Crippen molar-refractivity contribution < 1.29 is 9.84 Å². The summed E-state index contributed by atoms with van der Waals surface area (Å²) in [5.74, 6) is 0. The molecule has 1 N–H and O–H groups in total.